The number of anilines is 1. The minimum absolute atomic E-state index is 0.00437. The van der Waals surface area contributed by atoms with Gasteiger partial charge in [0.15, 0.2) is 14.9 Å². The van der Waals surface area contributed by atoms with Gasteiger partial charge < -0.3 is 9.88 Å². The first-order chi connectivity index (χ1) is 11.8. The number of amides is 1. The van der Waals surface area contributed by atoms with Crippen LogP contribution in [0.4, 0.5) is 5.82 Å². The summed E-state index contributed by atoms with van der Waals surface area (Å²) in [6.45, 7) is 3.01. The Morgan fingerprint density at radius 2 is 2.08 bits per heavy atom. The first kappa shape index (κ1) is 17.1. The predicted octanol–water partition coefficient (Wildman–Crippen LogP) is 2.39. The van der Waals surface area contributed by atoms with Crippen LogP contribution in [0.5, 0.6) is 0 Å². The Labute approximate surface area is 145 Å². The van der Waals surface area contributed by atoms with Crippen molar-refractivity contribution >= 4 is 32.5 Å². The molecule has 0 spiro atoms. The lowest BCUT2D eigenvalue weighted by molar-refractivity contribution is -0.114. The molecular weight excluding hydrogens is 340 g/mol. The van der Waals surface area contributed by atoms with Crippen molar-refractivity contribution in [3.8, 4) is 11.3 Å². The number of sulfone groups is 1. The second-order valence-corrected chi connectivity index (χ2v) is 7.91. The number of hydrogen-bond acceptors (Lipinski definition) is 5. The molecule has 0 aliphatic rings. The van der Waals surface area contributed by atoms with Crippen molar-refractivity contribution in [1.29, 1.82) is 0 Å². The molecule has 0 atom stereocenters. The third-order valence-corrected chi connectivity index (χ3v) is 5.50. The van der Waals surface area contributed by atoms with Gasteiger partial charge in [-0.1, -0.05) is 13.0 Å². The monoisotopic (exact) mass is 358 g/mol. The molecule has 0 aliphatic heterocycles. The molecular formula is C17H18N4O3S. The predicted molar refractivity (Wildman–Crippen MR) is 96.0 cm³/mol. The fourth-order valence-corrected chi connectivity index (χ4v) is 3.44. The van der Waals surface area contributed by atoms with Gasteiger partial charge in [0.2, 0.25) is 5.91 Å². The van der Waals surface area contributed by atoms with Crippen molar-refractivity contribution in [1.82, 2.24) is 14.5 Å². The zero-order valence-corrected chi connectivity index (χ0v) is 15.0. The highest BCUT2D eigenvalue weighted by Crippen LogP contribution is 2.30. The van der Waals surface area contributed by atoms with E-state index in [-0.39, 0.29) is 16.7 Å². The number of pyridine rings is 2. The lowest BCUT2D eigenvalue weighted by Crippen LogP contribution is -2.07. The molecule has 3 rings (SSSR count). The van der Waals surface area contributed by atoms with Gasteiger partial charge in [0.05, 0.1) is 23.2 Å². The molecule has 1 amide bonds. The van der Waals surface area contributed by atoms with E-state index in [4.69, 9.17) is 0 Å². The molecule has 0 saturated carbocycles. The van der Waals surface area contributed by atoms with Crippen LogP contribution in [-0.4, -0.2) is 34.6 Å². The quantitative estimate of drug-likeness (QED) is 0.773. The molecule has 1 N–H and O–H groups in total. The topological polar surface area (TPSA) is 94.0 Å². The van der Waals surface area contributed by atoms with Crippen LogP contribution < -0.4 is 5.32 Å². The van der Waals surface area contributed by atoms with Gasteiger partial charge in [-0.3, -0.25) is 4.79 Å². The van der Waals surface area contributed by atoms with Crippen molar-refractivity contribution in [3.05, 3.63) is 36.7 Å². The minimum Gasteiger partial charge on any atom is -0.349 e. The maximum Gasteiger partial charge on any atom is 0.222 e. The second kappa shape index (κ2) is 6.29. The molecule has 3 aromatic rings. The summed E-state index contributed by atoms with van der Waals surface area (Å²) in [7, 11) is -1.51. The van der Waals surface area contributed by atoms with E-state index in [2.05, 4.69) is 15.3 Å². The van der Waals surface area contributed by atoms with Gasteiger partial charge in [-0.25, -0.2) is 18.4 Å². The number of fused-ring (bicyclic) bond motifs is 1. The van der Waals surface area contributed by atoms with Crippen LogP contribution in [0, 0.1) is 0 Å². The van der Waals surface area contributed by atoms with Crippen LogP contribution in [-0.2, 0) is 21.7 Å². The molecule has 0 fully saturated rings. The fourth-order valence-electron chi connectivity index (χ4n) is 2.62. The van der Waals surface area contributed by atoms with Crippen LogP contribution in [0.3, 0.4) is 0 Å². The average Bonchev–Trinajstić information content (AvgIpc) is 2.91. The molecule has 0 aromatic carbocycles. The molecule has 8 heteroatoms. The lowest BCUT2D eigenvalue weighted by Gasteiger charge is -2.05. The van der Waals surface area contributed by atoms with E-state index in [1.54, 1.807) is 31.3 Å². The van der Waals surface area contributed by atoms with Gasteiger partial charge in [-0.15, -0.1) is 0 Å². The van der Waals surface area contributed by atoms with Crippen LogP contribution >= 0.6 is 0 Å². The maximum absolute atomic E-state index is 12.1. The SMILES string of the molecule is CCS(=O)(=O)c1cccc(-c2cn(C)c3cnc(NC(C)=O)cc23)n1. The third-order valence-electron chi connectivity index (χ3n) is 3.88. The van der Waals surface area contributed by atoms with Gasteiger partial charge in [0, 0.05) is 31.1 Å². The number of nitrogens with zero attached hydrogens (tertiary/aromatic N) is 3. The van der Waals surface area contributed by atoms with Gasteiger partial charge in [0.25, 0.3) is 0 Å². The summed E-state index contributed by atoms with van der Waals surface area (Å²) in [5.41, 5.74) is 2.19. The van der Waals surface area contributed by atoms with Gasteiger partial charge in [0.1, 0.15) is 5.82 Å². The summed E-state index contributed by atoms with van der Waals surface area (Å²) in [6.07, 6.45) is 3.53. The molecule has 3 heterocycles. The Morgan fingerprint density at radius 1 is 1.32 bits per heavy atom. The van der Waals surface area contributed by atoms with E-state index in [9.17, 15) is 13.2 Å². The standard InChI is InChI=1S/C17H18N4O3S/c1-4-25(23,24)17-7-5-6-14(20-17)13-10-21(3)15-9-18-16(8-12(13)15)19-11(2)22/h5-10H,4H2,1-3H3,(H,18,19,22). The summed E-state index contributed by atoms with van der Waals surface area (Å²) >= 11 is 0. The number of rotatable bonds is 4. The summed E-state index contributed by atoms with van der Waals surface area (Å²) < 4.78 is 26.1. The Kier molecular flexibility index (Phi) is 4.30. The van der Waals surface area contributed by atoms with Crippen molar-refractivity contribution in [2.45, 2.75) is 18.9 Å². The number of carbonyl (C=O) groups excluding carboxylic acids is 1. The van der Waals surface area contributed by atoms with Crippen LogP contribution in [0.15, 0.2) is 41.7 Å². The zero-order chi connectivity index (χ0) is 18.2. The molecule has 0 radical (unpaired) electrons. The first-order valence-electron chi connectivity index (χ1n) is 7.74. The van der Waals surface area contributed by atoms with E-state index in [1.165, 1.54) is 13.0 Å². The zero-order valence-electron chi connectivity index (χ0n) is 14.1. The highest BCUT2D eigenvalue weighted by molar-refractivity contribution is 7.91. The first-order valence-corrected chi connectivity index (χ1v) is 9.40. The van der Waals surface area contributed by atoms with Crippen LogP contribution in [0.2, 0.25) is 0 Å². The molecule has 130 valence electrons. The maximum atomic E-state index is 12.1. The highest BCUT2D eigenvalue weighted by Gasteiger charge is 2.16. The summed E-state index contributed by atoms with van der Waals surface area (Å²) in [6, 6.07) is 6.70. The molecule has 0 saturated heterocycles. The van der Waals surface area contributed by atoms with Crippen molar-refractivity contribution in [2.24, 2.45) is 7.05 Å². The average molecular weight is 358 g/mol. The number of carbonyl (C=O) groups is 1. The molecule has 0 unspecified atom stereocenters. The number of nitrogens with one attached hydrogen (secondary N) is 1. The van der Waals surface area contributed by atoms with E-state index < -0.39 is 9.84 Å². The molecule has 3 aromatic heterocycles. The number of hydrogen-bond donors (Lipinski definition) is 1. The summed E-state index contributed by atoms with van der Waals surface area (Å²) in [5, 5.41) is 3.54. The van der Waals surface area contributed by atoms with Gasteiger partial charge >= 0.3 is 0 Å². The molecule has 25 heavy (non-hydrogen) atoms. The number of aryl methyl sites for hydroxylation is 1. The Hall–Kier alpha value is -2.74. The summed E-state index contributed by atoms with van der Waals surface area (Å²) in [4.78, 5) is 19.8. The van der Waals surface area contributed by atoms with Crippen LogP contribution in [0.1, 0.15) is 13.8 Å². The van der Waals surface area contributed by atoms with Gasteiger partial charge in [-0.05, 0) is 18.2 Å². The van der Waals surface area contributed by atoms with E-state index in [1.807, 2.05) is 17.8 Å². The normalized spacial score (nSPS) is 11.6. The van der Waals surface area contributed by atoms with Crippen molar-refractivity contribution in [2.75, 3.05) is 11.1 Å². The number of aromatic nitrogens is 3. The van der Waals surface area contributed by atoms with Gasteiger partial charge in [-0.2, -0.15) is 0 Å². The van der Waals surface area contributed by atoms with E-state index in [0.717, 1.165) is 16.5 Å². The highest BCUT2D eigenvalue weighted by atomic mass is 32.2. The van der Waals surface area contributed by atoms with E-state index in [0.29, 0.717) is 11.5 Å². The molecule has 0 aliphatic carbocycles. The Morgan fingerprint density at radius 3 is 2.76 bits per heavy atom. The lowest BCUT2D eigenvalue weighted by atomic mass is 10.1. The Bertz CT molecular complexity index is 1070. The largest absolute Gasteiger partial charge is 0.349 e. The minimum atomic E-state index is -3.39. The van der Waals surface area contributed by atoms with Crippen molar-refractivity contribution < 1.29 is 13.2 Å². The van der Waals surface area contributed by atoms with Crippen LogP contribution in [0.25, 0.3) is 22.2 Å². The summed E-state index contributed by atoms with van der Waals surface area (Å²) in [5.74, 6) is 0.221. The molecule has 7 nitrogen and oxygen atoms in total. The fraction of sp³-hybridized carbons (Fsp3) is 0.235. The Balaban J connectivity index is 2.18. The second-order valence-electron chi connectivity index (χ2n) is 5.69. The smallest absolute Gasteiger partial charge is 0.222 e. The van der Waals surface area contributed by atoms with Crippen molar-refractivity contribution in [3.63, 3.8) is 0 Å². The third kappa shape index (κ3) is 3.25. The van der Waals surface area contributed by atoms with E-state index >= 15 is 0 Å². The molecule has 0 bridgehead atoms.